The number of nitrogens with zero attached hydrogens (tertiary/aromatic N) is 1. The van der Waals surface area contributed by atoms with Crippen LogP contribution in [0.3, 0.4) is 0 Å². The summed E-state index contributed by atoms with van der Waals surface area (Å²) in [7, 11) is 2.29. The smallest absolute Gasteiger partial charge is 0.0469 e. The Morgan fingerprint density at radius 3 is 2.53 bits per heavy atom. The highest BCUT2D eigenvalue weighted by Crippen LogP contribution is 2.29. The molecule has 2 heterocycles. The minimum Gasteiger partial charge on any atom is -0.381 e. The number of ether oxygens (including phenoxy) is 1. The van der Waals surface area contributed by atoms with Gasteiger partial charge in [0.05, 0.1) is 0 Å². The quantitative estimate of drug-likeness (QED) is 0.810. The molecule has 0 aromatic carbocycles. The first kappa shape index (κ1) is 13.3. The maximum absolute atomic E-state index is 5.42. The lowest BCUT2D eigenvalue weighted by Gasteiger charge is -2.38. The van der Waals surface area contributed by atoms with Crippen LogP contribution >= 0.6 is 0 Å². The summed E-state index contributed by atoms with van der Waals surface area (Å²) in [5.41, 5.74) is 0.533. The predicted octanol–water partition coefficient (Wildman–Crippen LogP) is 1.73. The average Bonchev–Trinajstić information content (AvgIpc) is 2.30. The van der Waals surface area contributed by atoms with E-state index in [2.05, 4.69) is 24.2 Å². The topological polar surface area (TPSA) is 24.5 Å². The zero-order valence-electron chi connectivity index (χ0n) is 11.5. The molecule has 0 bridgehead atoms. The molecule has 0 unspecified atom stereocenters. The summed E-state index contributed by atoms with van der Waals surface area (Å²) in [4.78, 5) is 2.56. The maximum Gasteiger partial charge on any atom is 0.0469 e. The van der Waals surface area contributed by atoms with Crippen molar-refractivity contribution in [1.82, 2.24) is 10.2 Å². The summed E-state index contributed by atoms with van der Waals surface area (Å²) in [5.74, 6) is 0.860. The summed E-state index contributed by atoms with van der Waals surface area (Å²) in [6.07, 6.45) is 5.15. The van der Waals surface area contributed by atoms with Crippen LogP contribution < -0.4 is 5.32 Å². The van der Waals surface area contributed by atoms with E-state index in [0.29, 0.717) is 5.41 Å². The molecule has 3 nitrogen and oxygen atoms in total. The van der Waals surface area contributed by atoms with Crippen molar-refractivity contribution in [3.63, 3.8) is 0 Å². The highest BCUT2D eigenvalue weighted by Gasteiger charge is 2.28. The van der Waals surface area contributed by atoms with E-state index in [1.807, 2.05) is 0 Å². The van der Waals surface area contributed by atoms with Gasteiger partial charge in [0.1, 0.15) is 0 Å². The largest absolute Gasteiger partial charge is 0.381 e. The first-order valence-corrected chi connectivity index (χ1v) is 7.15. The zero-order valence-corrected chi connectivity index (χ0v) is 11.5. The van der Waals surface area contributed by atoms with Crippen LogP contribution in [0.25, 0.3) is 0 Å². The molecule has 0 amide bonds. The van der Waals surface area contributed by atoms with Crippen LogP contribution in [0.5, 0.6) is 0 Å². The van der Waals surface area contributed by atoms with Gasteiger partial charge in [-0.25, -0.2) is 0 Å². The van der Waals surface area contributed by atoms with Crippen LogP contribution in [0, 0.1) is 11.3 Å². The van der Waals surface area contributed by atoms with Gasteiger partial charge in [0, 0.05) is 26.3 Å². The average molecular weight is 240 g/mol. The summed E-state index contributed by atoms with van der Waals surface area (Å²) in [5, 5.41) is 3.46. The third-order valence-electron chi connectivity index (χ3n) is 4.37. The van der Waals surface area contributed by atoms with Crippen LogP contribution in [0.15, 0.2) is 0 Å². The van der Waals surface area contributed by atoms with E-state index in [9.17, 15) is 0 Å². The Morgan fingerprint density at radius 1 is 1.24 bits per heavy atom. The SMILES string of the molecule is CN(CC1CCOCC1)CC1(C)CCNCC1. The molecule has 2 aliphatic heterocycles. The maximum atomic E-state index is 5.42. The molecule has 2 saturated heterocycles. The van der Waals surface area contributed by atoms with Gasteiger partial charge in [-0.05, 0) is 57.2 Å². The minimum atomic E-state index is 0.533. The van der Waals surface area contributed by atoms with Crippen molar-refractivity contribution in [3.05, 3.63) is 0 Å². The van der Waals surface area contributed by atoms with Gasteiger partial charge in [0.15, 0.2) is 0 Å². The van der Waals surface area contributed by atoms with Crippen LogP contribution in [0.2, 0.25) is 0 Å². The summed E-state index contributed by atoms with van der Waals surface area (Å²) in [6.45, 7) is 9.30. The number of nitrogens with one attached hydrogen (secondary N) is 1. The number of piperidine rings is 1. The van der Waals surface area contributed by atoms with E-state index in [1.165, 1.54) is 51.9 Å². The molecule has 3 heteroatoms. The third-order valence-corrected chi connectivity index (χ3v) is 4.37. The summed E-state index contributed by atoms with van der Waals surface area (Å²) < 4.78 is 5.42. The van der Waals surface area contributed by atoms with Gasteiger partial charge >= 0.3 is 0 Å². The Hall–Kier alpha value is -0.120. The van der Waals surface area contributed by atoms with E-state index in [0.717, 1.165) is 19.1 Å². The molecule has 0 spiro atoms. The highest BCUT2D eigenvalue weighted by molar-refractivity contribution is 4.83. The van der Waals surface area contributed by atoms with Crippen molar-refractivity contribution in [2.24, 2.45) is 11.3 Å². The van der Waals surface area contributed by atoms with Crippen LogP contribution in [0.1, 0.15) is 32.6 Å². The molecule has 2 rings (SSSR count). The van der Waals surface area contributed by atoms with Crippen LogP contribution in [-0.4, -0.2) is 51.3 Å². The molecule has 0 radical (unpaired) electrons. The van der Waals surface area contributed by atoms with Crippen molar-refractivity contribution < 1.29 is 4.74 Å². The van der Waals surface area contributed by atoms with Crippen molar-refractivity contribution >= 4 is 0 Å². The molecular weight excluding hydrogens is 212 g/mol. The Kier molecular flexibility index (Phi) is 4.83. The Bertz CT molecular complexity index is 220. The second kappa shape index (κ2) is 6.17. The Morgan fingerprint density at radius 2 is 1.88 bits per heavy atom. The number of hydrogen-bond donors (Lipinski definition) is 1. The van der Waals surface area contributed by atoms with Crippen LogP contribution in [0.4, 0.5) is 0 Å². The summed E-state index contributed by atoms with van der Waals surface area (Å²) in [6, 6.07) is 0. The van der Waals surface area contributed by atoms with E-state index < -0.39 is 0 Å². The van der Waals surface area contributed by atoms with Gasteiger partial charge in [0.2, 0.25) is 0 Å². The van der Waals surface area contributed by atoms with E-state index >= 15 is 0 Å². The molecule has 0 aromatic rings. The predicted molar refractivity (Wildman–Crippen MR) is 71.3 cm³/mol. The normalized spacial score (nSPS) is 26.3. The molecule has 0 atom stereocenters. The fourth-order valence-electron chi connectivity index (χ4n) is 3.27. The van der Waals surface area contributed by atoms with Gasteiger partial charge in [0.25, 0.3) is 0 Å². The second-order valence-electron chi connectivity index (χ2n) is 6.31. The fourth-order valence-corrected chi connectivity index (χ4v) is 3.27. The van der Waals surface area contributed by atoms with Gasteiger partial charge in [-0.3, -0.25) is 0 Å². The first-order valence-electron chi connectivity index (χ1n) is 7.15. The van der Waals surface area contributed by atoms with E-state index in [1.54, 1.807) is 0 Å². The van der Waals surface area contributed by atoms with Crippen LogP contribution in [-0.2, 0) is 4.74 Å². The highest BCUT2D eigenvalue weighted by atomic mass is 16.5. The zero-order chi connectivity index (χ0) is 12.1. The van der Waals surface area contributed by atoms with Gasteiger partial charge < -0.3 is 15.0 Å². The monoisotopic (exact) mass is 240 g/mol. The van der Waals surface area contributed by atoms with Crippen molar-refractivity contribution in [2.45, 2.75) is 32.6 Å². The molecular formula is C14H28N2O. The van der Waals surface area contributed by atoms with Crippen molar-refractivity contribution in [3.8, 4) is 0 Å². The molecule has 2 aliphatic rings. The van der Waals surface area contributed by atoms with Gasteiger partial charge in [-0.2, -0.15) is 0 Å². The molecule has 2 fully saturated rings. The lowest BCUT2D eigenvalue weighted by atomic mass is 9.80. The van der Waals surface area contributed by atoms with Gasteiger partial charge in [-0.15, -0.1) is 0 Å². The lowest BCUT2D eigenvalue weighted by molar-refractivity contribution is 0.0479. The first-order chi connectivity index (χ1) is 8.18. The second-order valence-corrected chi connectivity index (χ2v) is 6.31. The van der Waals surface area contributed by atoms with Crippen molar-refractivity contribution in [1.29, 1.82) is 0 Å². The molecule has 1 N–H and O–H groups in total. The van der Waals surface area contributed by atoms with E-state index in [4.69, 9.17) is 4.74 Å². The standard InChI is InChI=1S/C14H28N2O/c1-14(5-7-15-8-6-14)12-16(2)11-13-3-9-17-10-4-13/h13,15H,3-12H2,1-2H3. The molecule has 0 aromatic heterocycles. The Labute approximate surface area is 106 Å². The van der Waals surface area contributed by atoms with E-state index in [-0.39, 0.29) is 0 Å². The lowest BCUT2D eigenvalue weighted by Crippen LogP contribution is -2.43. The number of rotatable bonds is 4. The molecule has 0 saturated carbocycles. The molecule has 100 valence electrons. The molecule has 17 heavy (non-hydrogen) atoms. The third kappa shape index (κ3) is 4.23. The molecule has 0 aliphatic carbocycles. The number of hydrogen-bond acceptors (Lipinski definition) is 3. The fraction of sp³-hybridized carbons (Fsp3) is 1.00. The Balaban J connectivity index is 1.73. The minimum absolute atomic E-state index is 0.533. The summed E-state index contributed by atoms with van der Waals surface area (Å²) >= 11 is 0. The van der Waals surface area contributed by atoms with Crippen molar-refractivity contribution in [2.75, 3.05) is 46.4 Å². The van der Waals surface area contributed by atoms with Gasteiger partial charge in [-0.1, -0.05) is 6.92 Å².